The lowest BCUT2D eigenvalue weighted by Gasteiger charge is -2.36. The van der Waals surface area contributed by atoms with E-state index in [1.165, 1.54) is 17.0 Å². The lowest BCUT2D eigenvalue weighted by atomic mass is 9.88. The van der Waals surface area contributed by atoms with Crippen molar-refractivity contribution in [2.45, 2.75) is 58.2 Å². The van der Waals surface area contributed by atoms with E-state index >= 15 is 0 Å². The number of rotatable bonds is 7. The van der Waals surface area contributed by atoms with Crippen molar-refractivity contribution in [3.8, 4) is 0 Å². The van der Waals surface area contributed by atoms with E-state index in [1.54, 1.807) is 18.0 Å². The van der Waals surface area contributed by atoms with Gasteiger partial charge in [-0.25, -0.2) is 9.38 Å². The van der Waals surface area contributed by atoms with Crippen LogP contribution in [-0.2, 0) is 11.3 Å². The van der Waals surface area contributed by atoms with Gasteiger partial charge in [0.05, 0.1) is 24.5 Å². The SMILES string of the molecule is CCC1(CC)CC(=O)N(Cc2cc(F)cc(C(=O)N(C)C(C)c3ccccc3)c2)C(N)=N1. The summed E-state index contributed by atoms with van der Waals surface area (Å²) < 4.78 is 14.4. The Kier molecular flexibility index (Phi) is 6.96. The van der Waals surface area contributed by atoms with E-state index in [1.807, 2.05) is 51.1 Å². The maximum absolute atomic E-state index is 14.4. The number of hydrogen-bond acceptors (Lipinski definition) is 4. The van der Waals surface area contributed by atoms with E-state index in [9.17, 15) is 14.0 Å². The number of nitrogens with two attached hydrogens (primary N) is 1. The third-order valence-corrected chi connectivity index (χ3v) is 6.45. The minimum atomic E-state index is -0.539. The van der Waals surface area contributed by atoms with Gasteiger partial charge in [0, 0.05) is 12.6 Å². The van der Waals surface area contributed by atoms with Crippen LogP contribution in [0.15, 0.2) is 53.5 Å². The second-order valence-electron chi connectivity index (χ2n) is 8.41. The van der Waals surface area contributed by atoms with E-state index in [4.69, 9.17) is 5.73 Å². The van der Waals surface area contributed by atoms with Crippen LogP contribution in [0.2, 0.25) is 0 Å². The van der Waals surface area contributed by atoms with Crippen LogP contribution in [0.5, 0.6) is 0 Å². The molecule has 0 fully saturated rings. The first kappa shape index (κ1) is 23.4. The van der Waals surface area contributed by atoms with Crippen LogP contribution in [-0.4, -0.2) is 40.2 Å². The number of aliphatic imine (C=N–C) groups is 1. The van der Waals surface area contributed by atoms with Crippen molar-refractivity contribution in [1.82, 2.24) is 9.80 Å². The quantitative estimate of drug-likeness (QED) is 0.701. The molecular weight excluding hydrogens is 407 g/mol. The lowest BCUT2D eigenvalue weighted by molar-refractivity contribution is -0.130. The fourth-order valence-corrected chi connectivity index (χ4v) is 4.06. The Hall–Kier alpha value is -3.22. The Labute approximate surface area is 188 Å². The first-order valence-corrected chi connectivity index (χ1v) is 11.0. The molecule has 2 aromatic rings. The summed E-state index contributed by atoms with van der Waals surface area (Å²) in [5.74, 6) is -0.849. The summed E-state index contributed by atoms with van der Waals surface area (Å²) in [6.07, 6.45) is 1.70. The Bertz CT molecular complexity index is 1020. The van der Waals surface area contributed by atoms with Crippen molar-refractivity contribution >= 4 is 17.8 Å². The van der Waals surface area contributed by atoms with Gasteiger partial charge in [0.15, 0.2) is 5.96 Å². The third kappa shape index (κ3) is 4.82. The van der Waals surface area contributed by atoms with Gasteiger partial charge in [-0.2, -0.15) is 0 Å². The molecule has 1 unspecified atom stereocenters. The summed E-state index contributed by atoms with van der Waals surface area (Å²) in [6.45, 7) is 5.96. The first-order valence-electron chi connectivity index (χ1n) is 11.0. The monoisotopic (exact) mass is 438 g/mol. The van der Waals surface area contributed by atoms with E-state index in [-0.39, 0.29) is 42.3 Å². The molecule has 2 aromatic carbocycles. The molecule has 7 heteroatoms. The van der Waals surface area contributed by atoms with Crippen LogP contribution < -0.4 is 5.73 Å². The average Bonchev–Trinajstić information content (AvgIpc) is 2.80. The Balaban J connectivity index is 1.83. The predicted octanol–water partition coefficient (Wildman–Crippen LogP) is 4.26. The molecule has 1 aliphatic rings. The summed E-state index contributed by atoms with van der Waals surface area (Å²) in [6, 6.07) is 13.6. The van der Waals surface area contributed by atoms with Gasteiger partial charge in [-0.15, -0.1) is 0 Å². The van der Waals surface area contributed by atoms with Crippen molar-refractivity contribution in [3.63, 3.8) is 0 Å². The molecule has 1 atom stereocenters. The number of benzene rings is 2. The number of halogens is 1. The van der Waals surface area contributed by atoms with Crippen molar-refractivity contribution in [2.75, 3.05) is 7.05 Å². The van der Waals surface area contributed by atoms with Crippen LogP contribution in [0.3, 0.4) is 0 Å². The van der Waals surface area contributed by atoms with Gasteiger partial charge < -0.3 is 10.6 Å². The molecule has 0 radical (unpaired) electrons. The topological polar surface area (TPSA) is 79.0 Å². The minimum absolute atomic E-state index is 0.0632. The standard InChI is InChI=1S/C25H31FN4O2/c1-5-25(6-2)15-22(31)30(24(27)28-25)16-18-12-20(14-21(26)13-18)23(32)29(4)17(3)19-10-8-7-9-11-19/h7-14,17H,5-6,15-16H2,1-4H3,(H2,27,28). The van der Waals surface area contributed by atoms with Crippen molar-refractivity contribution in [2.24, 2.45) is 10.7 Å². The highest BCUT2D eigenvalue weighted by Crippen LogP contribution is 2.30. The average molecular weight is 439 g/mol. The molecule has 1 aliphatic heterocycles. The molecule has 6 nitrogen and oxygen atoms in total. The summed E-state index contributed by atoms with van der Waals surface area (Å²) in [7, 11) is 1.69. The largest absolute Gasteiger partial charge is 0.369 e. The molecule has 170 valence electrons. The van der Waals surface area contributed by atoms with Gasteiger partial charge in [0.1, 0.15) is 5.82 Å². The molecule has 3 rings (SSSR count). The molecule has 32 heavy (non-hydrogen) atoms. The van der Waals surface area contributed by atoms with E-state index in [0.717, 1.165) is 5.56 Å². The molecule has 2 amide bonds. The molecular formula is C25H31FN4O2. The van der Waals surface area contributed by atoms with Crippen LogP contribution in [0.25, 0.3) is 0 Å². The van der Waals surface area contributed by atoms with Gasteiger partial charge in [-0.1, -0.05) is 44.2 Å². The van der Waals surface area contributed by atoms with Gasteiger partial charge in [-0.05, 0) is 49.1 Å². The number of carbonyl (C=O) groups is 2. The highest BCUT2D eigenvalue weighted by atomic mass is 19.1. The predicted molar refractivity (Wildman–Crippen MR) is 123 cm³/mol. The first-order chi connectivity index (χ1) is 15.2. The number of amides is 2. The van der Waals surface area contributed by atoms with Crippen LogP contribution >= 0.6 is 0 Å². The third-order valence-electron chi connectivity index (χ3n) is 6.45. The molecule has 0 saturated heterocycles. The zero-order valence-corrected chi connectivity index (χ0v) is 19.1. The Morgan fingerprint density at radius 2 is 1.88 bits per heavy atom. The maximum atomic E-state index is 14.4. The summed E-state index contributed by atoms with van der Waals surface area (Å²) >= 11 is 0. The fraction of sp³-hybridized carbons (Fsp3) is 0.400. The summed E-state index contributed by atoms with van der Waals surface area (Å²) in [4.78, 5) is 33.4. The summed E-state index contributed by atoms with van der Waals surface area (Å²) in [5.41, 5.74) is 7.34. The second-order valence-corrected chi connectivity index (χ2v) is 8.41. The smallest absolute Gasteiger partial charge is 0.254 e. The second kappa shape index (κ2) is 9.51. The number of hydrogen-bond donors (Lipinski definition) is 1. The van der Waals surface area contributed by atoms with Gasteiger partial charge in [-0.3, -0.25) is 14.5 Å². The van der Waals surface area contributed by atoms with Crippen LogP contribution in [0.4, 0.5) is 4.39 Å². The highest BCUT2D eigenvalue weighted by molar-refractivity contribution is 5.99. The van der Waals surface area contributed by atoms with Gasteiger partial charge in [0.2, 0.25) is 5.91 Å². The zero-order chi connectivity index (χ0) is 23.5. The van der Waals surface area contributed by atoms with Gasteiger partial charge >= 0.3 is 0 Å². The Morgan fingerprint density at radius 3 is 2.47 bits per heavy atom. The zero-order valence-electron chi connectivity index (χ0n) is 19.1. The molecule has 0 saturated carbocycles. The van der Waals surface area contributed by atoms with Crippen molar-refractivity contribution in [3.05, 3.63) is 71.0 Å². The molecule has 1 heterocycles. The van der Waals surface area contributed by atoms with Crippen LogP contribution in [0.1, 0.15) is 67.6 Å². The van der Waals surface area contributed by atoms with Crippen molar-refractivity contribution in [1.29, 1.82) is 0 Å². The van der Waals surface area contributed by atoms with E-state index in [0.29, 0.717) is 18.4 Å². The minimum Gasteiger partial charge on any atom is -0.369 e. The number of guanidine groups is 1. The normalized spacial score (nSPS) is 16.5. The Morgan fingerprint density at radius 1 is 1.22 bits per heavy atom. The van der Waals surface area contributed by atoms with Crippen molar-refractivity contribution < 1.29 is 14.0 Å². The maximum Gasteiger partial charge on any atom is 0.254 e. The molecule has 0 aliphatic carbocycles. The molecule has 0 spiro atoms. The highest BCUT2D eigenvalue weighted by Gasteiger charge is 2.37. The lowest BCUT2D eigenvalue weighted by Crippen LogP contribution is -2.50. The number of nitrogens with zero attached hydrogens (tertiary/aromatic N) is 3. The van der Waals surface area contributed by atoms with Crippen LogP contribution in [0, 0.1) is 5.82 Å². The molecule has 0 bridgehead atoms. The van der Waals surface area contributed by atoms with E-state index < -0.39 is 11.4 Å². The van der Waals surface area contributed by atoms with E-state index in [2.05, 4.69) is 4.99 Å². The summed E-state index contributed by atoms with van der Waals surface area (Å²) in [5, 5.41) is 0. The molecule has 0 aromatic heterocycles. The fourth-order valence-electron chi connectivity index (χ4n) is 4.06. The molecule has 2 N–H and O–H groups in total. The number of carbonyl (C=O) groups excluding carboxylic acids is 2. The van der Waals surface area contributed by atoms with Gasteiger partial charge in [0.25, 0.3) is 5.91 Å².